The Morgan fingerprint density at radius 3 is 2.47 bits per heavy atom. The van der Waals surface area contributed by atoms with Crippen molar-refractivity contribution < 1.29 is 9.26 Å². The molecule has 1 heterocycles. The van der Waals surface area contributed by atoms with Gasteiger partial charge in [-0.05, 0) is 56.5 Å². The van der Waals surface area contributed by atoms with E-state index in [1.807, 2.05) is 12.1 Å². The number of benzene rings is 1. The van der Waals surface area contributed by atoms with Crippen LogP contribution < -0.4 is 10.1 Å². The van der Waals surface area contributed by atoms with Gasteiger partial charge in [-0.3, -0.25) is 0 Å². The molecule has 0 aliphatic heterocycles. The van der Waals surface area contributed by atoms with Crippen LogP contribution in [0.1, 0.15) is 17.3 Å². The molecule has 1 N–H and O–H groups in total. The van der Waals surface area contributed by atoms with E-state index in [9.17, 15) is 0 Å². The molecule has 0 amide bonds. The highest BCUT2D eigenvalue weighted by Gasteiger charge is 2.08. The predicted octanol–water partition coefficient (Wildman–Crippen LogP) is 3.20. The first-order valence-corrected chi connectivity index (χ1v) is 7.20. The van der Waals surface area contributed by atoms with Crippen LogP contribution in [-0.4, -0.2) is 17.3 Å². The fourth-order valence-corrected chi connectivity index (χ4v) is 3.24. The summed E-state index contributed by atoms with van der Waals surface area (Å²) in [5, 5.41) is 6.98. The first-order chi connectivity index (χ1) is 9.10. The van der Waals surface area contributed by atoms with Crippen molar-refractivity contribution in [3.05, 3.63) is 38.4 Å². The van der Waals surface area contributed by atoms with Gasteiger partial charge in [0.1, 0.15) is 5.75 Å². The third-order valence-electron chi connectivity index (χ3n) is 2.44. The molecule has 0 unspecified atom stereocenters. The molecule has 0 spiro atoms. The molecule has 0 aliphatic carbocycles. The van der Waals surface area contributed by atoms with Crippen LogP contribution in [0.25, 0.3) is 0 Å². The number of aromatic nitrogens is 2. The maximum Gasteiger partial charge on any atom is 0.240 e. The second kappa shape index (κ2) is 6.49. The quantitative estimate of drug-likeness (QED) is 0.849. The zero-order chi connectivity index (χ0) is 13.8. The van der Waals surface area contributed by atoms with E-state index in [1.165, 1.54) is 0 Å². The molecule has 0 saturated heterocycles. The average molecular weight is 391 g/mol. The summed E-state index contributed by atoms with van der Waals surface area (Å²) in [6, 6.07) is 4.02. The lowest BCUT2D eigenvalue weighted by Crippen LogP contribution is -2.13. The highest BCUT2D eigenvalue weighted by Crippen LogP contribution is 2.34. The number of methoxy groups -OCH3 is 1. The Morgan fingerprint density at radius 2 is 1.95 bits per heavy atom. The van der Waals surface area contributed by atoms with Crippen molar-refractivity contribution in [1.29, 1.82) is 0 Å². The minimum absolute atomic E-state index is 0.544. The summed E-state index contributed by atoms with van der Waals surface area (Å²) in [6.45, 7) is 3.04. The molecule has 2 aromatic rings. The van der Waals surface area contributed by atoms with Gasteiger partial charge >= 0.3 is 0 Å². The van der Waals surface area contributed by atoms with Crippen molar-refractivity contribution in [3.8, 4) is 5.75 Å². The Bertz CT molecular complexity index is 549. The molecule has 102 valence electrons. The molecular weight excluding hydrogens is 378 g/mol. The van der Waals surface area contributed by atoms with E-state index < -0.39 is 0 Å². The first kappa shape index (κ1) is 14.5. The average Bonchev–Trinajstić information content (AvgIpc) is 2.75. The van der Waals surface area contributed by atoms with Crippen LogP contribution in [0, 0.1) is 6.92 Å². The lowest BCUT2D eigenvalue weighted by Gasteiger charge is -2.09. The van der Waals surface area contributed by atoms with Crippen LogP contribution in [0.5, 0.6) is 5.75 Å². The van der Waals surface area contributed by atoms with Gasteiger partial charge in [-0.15, -0.1) is 0 Å². The molecule has 2 rings (SSSR count). The van der Waals surface area contributed by atoms with Crippen LogP contribution in [0.3, 0.4) is 0 Å². The van der Waals surface area contributed by atoms with E-state index in [0.29, 0.717) is 24.8 Å². The number of ether oxygens (including phenoxy) is 1. The highest BCUT2D eigenvalue weighted by molar-refractivity contribution is 9.11. The summed E-state index contributed by atoms with van der Waals surface area (Å²) in [6.07, 6.45) is 0. The third kappa shape index (κ3) is 3.77. The zero-order valence-electron chi connectivity index (χ0n) is 10.5. The highest BCUT2D eigenvalue weighted by atomic mass is 79.9. The minimum Gasteiger partial charge on any atom is -0.494 e. The van der Waals surface area contributed by atoms with Crippen molar-refractivity contribution in [2.45, 2.75) is 20.0 Å². The number of hydrogen-bond donors (Lipinski definition) is 1. The number of nitrogens with zero attached hydrogens (tertiary/aromatic N) is 2. The Labute approximate surface area is 128 Å². The van der Waals surface area contributed by atoms with Crippen LogP contribution in [0.4, 0.5) is 0 Å². The van der Waals surface area contributed by atoms with Gasteiger partial charge in [0.05, 0.1) is 22.6 Å². The summed E-state index contributed by atoms with van der Waals surface area (Å²) in [5.41, 5.74) is 1.12. The summed E-state index contributed by atoms with van der Waals surface area (Å²) in [7, 11) is 1.64. The van der Waals surface area contributed by atoms with Gasteiger partial charge in [-0.2, -0.15) is 4.98 Å². The fraction of sp³-hybridized carbons (Fsp3) is 0.333. The van der Waals surface area contributed by atoms with Gasteiger partial charge in [0.25, 0.3) is 0 Å². The monoisotopic (exact) mass is 389 g/mol. The van der Waals surface area contributed by atoms with Crippen molar-refractivity contribution in [2.24, 2.45) is 0 Å². The molecule has 1 aromatic carbocycles. The fourth-order valence-electron chi connectivity index (χ4n) is 1.64. The Morgan fingerprint density at radius 1 is 1.26 bits per heavy atom. The molecule has 0 fully saturated rings. The third-order valence-corrected chi connectivity index (χ3v) is 3.62. The molecule has 0 radical (unpaired) electrons. The maximum atomic E-state index is 5.26. The van der Waals surface area contributed by atoms with E-state index in [0.717, 1.165) is 20.3 Å². The first-order valence-electron chi connectivity index (χ1n) is 5.62. The van der Waals surface area contributed by atoms with E-state index in [4.69, 9.17) is 9.26 Å². The summed E-state index contributed by atoms with van der Waals surface area (Å²) in [5.74, 6) is 2.02. The Kier molecular flexibility index (Phi) is 4.95. The van der Waals surface area contributed by atoms with Gasteiger partial charge in [-0.25, -0.2) is 0 Å². The number of nitrogens with one attached hydrogen (secondary N) is 1. The van der Waals surface area contributed by atoms with Gasteiger partial charge < -0.3 is 14.6 Å². The topological polar surface area (TPSA) is 60.2 Å². The molecule has 7 heteroatoms. The van der Waals surface area contributed by atoms with Crippen molar-refractivity contribution in [1.82, 2.24) is 15.5 Å². The molecule has 5 nitrogen and oxygen atoms in total. The summed E-state index contributed by atoms with van der Waals surface area (Å²) >= 11 is 6.95. The van der Waals surface area contributed by atoms with Crippen LogP contribution in [0.15, 0.2) is 25.6 Å². The standard InChI is InChI=1S/C12H13Br2N3O2/c1-7-16-11(19-17-7)6-15-5-8-3-9(13)12(18-2)10(14)4-8/h3-4,15H,5-6H2,1-2H3. The van der Waals surface area contributed by atoms with E-state index in [1.54, 1.807) is 14.0 Å². The normalized spacial score (nSPS) is 10.7. The number of halogens is 2. The molecule has 0 bridgehead atoms. The number of rotatable bonds is 5. The van der Waals surface area contributed by atoms with E-state index >= 15 is 0 Å². The molecule has 0 saturated carbocycles. The zero-order valence-corrected chi connectivity index (χ0v) is 13.7. The number of hydrogen-bond acceptors (Lipinski definition) is 5. The molecule has 19 heavy (non-hydrogen) atoms. The van der Waals surface area contributed by atoms with Crippen molar-refractivity contribution in [2.75, 3.05) is 7.11 Å². The van der Waals surface area contributed by atoms with Crippen LogP contribution in [0.2, 0.25) is 0 Å². The van der Waals surface area contributed by atoms with Gasteiger partial charge in [0.2, 0.25) is 5.89 Å². The van der Waals surface area contributed by atoms with Crippen LogP contribution >= 0.6 is 31.9 Å². The largest absolute Gasteiger partial charge is 0.494 e. The summed E-state index contributed by atoms with van der Waals surface area (Å²) < 4.78 is 12.1. The molecular formula is C12H13Br2N3O2. The predicted molar refractivity (Wildman–Crippen MR) is 78.0 cm³/mol. The molecule has 0 aliphatic rings. The smallest absolute Gasteiger partial charge is 0.240 e. The van der Waals surface area contributed by atoms with E-state index in [-0.39, 0.29) is 0 Å². The Hall–Kier alpha value is -0.920. The minimum atomic E-state index is 0.544. The van der Waals surface area contributed by atoms with E-state index in [2.05, 4.69) is 47.3 Å². The second-order valence-electron chi connectivity index (χ2n) is 3.93. The van der Waals surface area contributed by atoms with Crippen molar-refractivity contribution >= 4 is 31.9 Å². The van der Waals surface area contributed by atoms with Crippen molar-refractivity contribution in [3.63, 3.8) is 0 Å². The summed E-state index contributed by atoms with van der Waals surface area (Å²) in [4.78, 5) is 4.13. The number of aryl methyl sites for hydroxylation is 1. The van der Waals surface area contributed by atoms with Gasteiger partial charge in [0, 0.05) is 6.54 Å². The lowest BCUT2D eigenvalue weighted by atomic mass is 10.2. The van der Waals surface area contributed by atoms with Gasteiger partial charge in [-0.1, -0.05) is 5.16 Å². The maximum absolute atomic E-state index is 5.26. The molecule has 0 atom stereocenters. The lowest BCUT2D eigenvalue weighted by molar-refractivity contribution is 0.364. The van der Waals surface area contributed by atoms with Gasteiger partial charge in [0.15, 0.2) is 5.82 Å². The SMILES string of the molecule is COc1c(Br)cc(CNCc2nc(C)no2)cc1Br. The van der Waals surface area contributed by atoms with Crippen LogP contribution in [-0.2, 0) is 13.1 Å². The Balaban J connectivity index is 1.96. The molecule has 1 aromatic heterocycles. The second-order valence-corrected chi connectivity index (χ2v) is 5.64.